The second-order valence-corrected chi connectivity index (χ2v) is 17.0. The summed E-state index contributed by atoms with van der Waals surface area (Å²) in [7, 11) is 0. The first-order valence-electron chi connectivity index (χ1n) is 21.7. The lowest BCUT2D eigenvalue weighted by Gasteiger charge is -2.29. The molecule has 0 spiro atoms. The Hall–Kier alpha value is -7.62. The van der Waals surface area contributed by atoms with Crippen molar-refractivity contribution in [2.24, 2.45) is 0 Å². The van der Waals surface area contributed by atoms with Gasteiger partial charge in [0.25, 0.3) is 0 Å². The minimum absolute atomic E-state index is 0.957. The minimum Gasteiger partial charge on any atom is -0.310 e. The molecule has 3 heteroatoms. The van der Waals surface area contributed by atoms with Crippen LogP contribution >= 0.6 is 0 Å². The van der Waals surface area contributed by atoms with Crippen molar-refractivity contribution in [2.45, 2.75) is 41.5 Å². The van der Waals surface area contributed by atoms with Crippen LogP contribution in [0.15, 0.2) is 213 Å². The summed E-state index contributed by atoms with van der Waals surface area (Å²) in [5, 5.41) is 7.11. The molecule has 0 unspecified atom stereocenters. The van der Waals surface area contributed by atoms with Crippen LogP contribution in [0.2, 0.25) is 0 Å². The third kappa shape index (κ3) is 8.14. The molecule has 0 N–H and O–H groups in total. The Kier molecular flexibility index (Phi) is 11.0. The van der Waals surface area contributed by atoms with E-state index >= 15 is 0 Å². The molecule has 0 aromatic heterocycles. The van der Waals surface area contributed by atoms with E-state index in [2.05, 4.69) is 244 Å². The maximum absolute atomic E-state index is 4.28. The molecule has 0 saturated carbocycles. The minimum atomic E-state index is 0.957. The Morgan fingerprint density at radius 3 is 0.984 bits per heavy atom. The average molecular weight is 816 g/mol. The molecule has 9 aromatic carbocycles. The molecule has 0 aliphatic rings. The molecule has 0 bridgehead atoms. The van der Waals surface area contributed by atoms with Crippen molar-refractivity contribution >= 4 is 77.8 Å². The predicted molar refractivity (Wildman–Crippen MR) is 274 cm³/mol. The topological polar surface area (TPSA) is 9.72 Å². The van der Waals surface area contributed by atoms with Crippen molar-refractivity contribution in [1.82, 2.24) is 0 Å². The number of benzene rings is 9. The summed E-state index contributed by atoms with van der Waals surface area (Å²) < 4.78 is 0. The molecular formula is C60H53N3. The summed E-state index contributed by atoms with van der Waals surface area (Å²) in [5.74, 6) is 0. The highest BCUT2D eigenvalue weighted by Gasteiger charge is 2.21. The smallest absolute Gasteiger partial charge is 0.0468 e. The normalized spacial score (nSPS) is 11.6. The van der Waals surface area contributed by atoms with Gasteiger partial charge in [-0.3, -0.25) is 0 Å². The molecule has 0 amide bonds. The molecule has 308 valence electrons. The van der Waals surface area contributed by atoms with Gasteiger partial charge < -0.3 is 14.7 Å². The number of allylic oxidation sites excluding steroid dienone is 3. The summed E-state index contributed by atoms with van der Waals surface area (Å²) in [6.07, 6.45) is 4.03. The van der Waals surface area contributed by atoms with Crippen molar-refractivity contribution in [3.8, 4) is 0 Å². The second-order valence-electron chi connectivity index (χ2n) is 17.0. The SMILES string of the molecule is C=C/C(=C\C(=C)C)N(c1cccc(C)c1)c1ccc2c(c1)c1ccc(N(c3cccc(C)c3)c3cccc(C)c3)cc1c1ccc(N(c3cccc(C)c3)c3cccc(C)c3)cc21. The Bertz CT molecular complexity index is 3040. The van der Waals surface area contributed by atoms with Gasteiger partial charge in [0.2, 0.25) is 0 Å². The van der Waals surface area contributed by atoms with Crippen molar-refractivity contribution < 1.29 is 0 Å². The van der Waals surface area contributed by atoms with Crippen molar-refractivity contribution in [1.29, 1.82) is 0 Å². The summed E-state index contributed by atoms with van der Waals surface area (Å²) in [6.45, 7) is 21.3. The van der Waals surface area contributed by atoms with Crippen LogP contribution in [0.3, 0.4) is 0 Å². The zero-order valence-corrected chi connectivity index (χ0v) is 37.2. The summed E-state index contributed by atoms with van der Waals surface area (Å²) >= 11 is 0. The Morgan fingerprint density at radius 2 is 0.651 bits per heavy atom. The Balaban J connectivity index is 1.36. The van der Waals surface area contributed by atoms with Crippen LogP contribution in [-0.4, -0.2) is 0 Å². The van der Waals surface area contributed by atoms with Crippen LogP contribution in [0.1, 0.15) is 34.7 Å². The monoisotopic (exact) mass is 815 g/mol. The highest BCUT2D eigenvalue weighted by molar-refractivity contribution is 6.27. The van der Waals surface area contributed by atoms with Gasteiger partial charge in [0.05, 0.1) is 0 Å². The zero-order valence-electron chi connectivity index (χ0n) is 37.2. The lowest BCUT2D eigenvalue weighted by atomic mass is 9.92. The summed E-state index contributed by atoms with van der Waals surface area (Å²) in [6, 6.07) is 64.7. The second kappa shape index (κ2) is 17.0. The molecule has 0 heterocycles. The highest BCUT2D eigenvalue weighted by atomic mass is 15.2. The molecule has 0 aliphatic heterocycles. The molecule has 0 saturated heterocycles. The fourth-order valence-electron chi connectivity index (χ4n) is 9.03. The van der Waals surface area contributed by atoms with Gasteiger partial charge in [-0.15, -0.1) is 0 Å². The van der Waals surface area contributed by atoms with E-state index in [-0.39, 0.29) is 0 Å². The fourth-order valence-corrected chi connectivity index (χ4v) is 9.03. The van der Waals surface area contributed by atoms with Crippen molar-refractivity contribution in [3.05, 3.63) is 240 Å². The maximum atomic E-state index is 4.28. The number of rotatable bonds is 11. The van der Waals surface area contributed by atoms with Gasteiger partial charge in [0.1, 0.15) is 0 Å². The van der Waals surface area contributed by atoms with E-state index in [1.165, 1.54) is 60.1 Å². The number of aryl methyl sites for hydroxylation is 5. The molecule has 3 nitrogen and oxygen atoms in total. The van der Waals surface area contributed by atoms with Gasteiger partial charge in [-0.2, -0.15) is 0 Å². The van der Waals surface area contributed by atoms with Gasteiger partial charge in [-0.25, -0.2) is 0 Å². The van der Waals surface area contributed by atoms with E-state index in [1.54, 1.807) is 0 Å². The van der Waals surface area contributed by atoms with E-state index < -0.39 is 0 Å². The van der Waals surface area contributed by atoms with E-state index in [1.807, 2.05) is 13.0 Å². The van der Waals surface area contributed by atoms with E-state index in [4.69, 9.17) is 0 Å². The van der Waals surface area contributed by atoms with Gasteiger partial charge in [0, 0.05) is 51.2 Å². The molecule has 0 radical (unpaired) electrons. The lowest BCUT2D eigenvalue weighted by molar-refractivity contribution is 1.20. The van der Waals surface area contributed by atoms with Crippen molar-refractivity contribution in [2.75, 3.05) is 14.7 Å². The zero-order chi connectivity index (χ0) is 43.8. The highest BCUT2D eigenvalue weighted by Crippen LogP contribution is 2.45. The third-order valence-corrected chi connectivity index (χ3v) is 11.8. The fraction of sp³-hybridized carbons (Fsp3) is 0.100. The van der Waals surface area contributed by atoms with Gasteiger partial charge in [-0.1, -0.05) is 97.6 Å². The average Bonchev–Trinajstić information content (AvgIpc) is 3.26. The van der Waals surface area contributed by atoms with E-state index in [0.717, 1.165) is 56.8 Å². The number of hydrogen-bond acceptors (Lipinski definition) is 3. The first kappa shape index (κ1) is 40.8. The Labute approximate surface area is 372 Å². The summed E-state index contributed by atoms with van der Waals surface area (Å²) in [5.41, 5.74) is 16.8. The van der Waals surface area contributed by atoms with Crippen molar-refractivity contribution in [3.63, 3.8) is 0 Å². The quantitative estimate of drug-likeness (QED) is 0.0951. The number of nitrogens with zero attached hydrogens (tertiary/aromatic N) is 3. The molecular weight excluding hydrogens is 763 g/mol. The summed E-state index contributed by atoms with van der Waals surface area (Å²) in [4.78, 5) is 7.06. The van der Waals surface area contributed by atoms with E-state index in [0.29, 0.717) is 0 Å². The van der Waals surface area contributed by atoms with Crippen LogP contribution in [0.25, 0.3) is 32.3 Å². The standard InChI is InChI=1S/C60H53N3/c1-9-46(31-40(2)3)61(47-20-10-15-41(4)32-47)52-25-28-55-58(37-52)56-29-26-53(62(48-21-11-16-42(5)33-48)49-22-12-17-43(6)34-49)39-60(56)57-30-27-54(38-59(55)57)63(50-23-13-18-44(7)35-50)51-24-14-19-45(8)36-51/h9-39H,1-2H2,3-8H3/b46-31+. The van der Waals surface area contributed by atoms with Crippen LogP contribution in [0, 0.1) is 34.6 Å². The first-order chi connectivity index (χ1) is 30.5. The predicted octanol–water partition coefficient (Wildman–Crippen LogP) is 17.4. The Morgan fingerprint density at radius 1 is 0.365 bits per heavy atom. The first-order valence-corrected chi connectivity index (χ1v) is 21.7. The third-order valence-electron chi connectivity index (χ3n) is 11.8. The van der Waals surface area contributed by atoms with Gasteiger partial charge >= 0.3 is 0 Å². The number of anilines is 8. The number of hydrogen-bond donors (Lipinski definition) is 0. The lowest BCUT2D eigenvalue weighted by Crippen LogP contribution is -2.15. The molecule has 0 atom stereocenters. The molecule has 9 aromatic rings. The van der Waals surface area contributed by atoms with Gasteiger partial charge in [-0.05, 0) is 211 Å². The maximum Gasteiger partial charge on any atom is 0.0468 e. The van der Waals surface area contributed by atoms with Crippen LogP contribution < -0.4 is 14.7 Å². The molecule has 0 aliphatic carbocycles. The largest absolute Gasteiger partial charge is 0.310 e. The van der Waals surface area contributed by atoms with Gasteiger partial charge in [0.15, 0.2) is 0 Å². The van der Waals surface area contributed by atoms with Crippen LogP contribution in [0.5, 0.6) is 0 Å². The molecule has 63 heavy (non-hydrogen) atoms. The number of fused-ring (bicyclic) bond motifs is 6. The van der Waals surface area contributed by atoms with Crippen LogP contribution in [0.4, 0.5) is 45.5 Å². The molecule has 0 fully saturated rings. The molecule has 9 rings (SSSR count). The van der Waals surface area contributed by atoms with Crippen LogP contribution in [-0.2, 0) is 0 Å². The van der Waals surface area contributed by atoms with E-state index in [9.17, 15) is 0 Å².